The minimum absolute atomic E-state index is 0.242. The van der Waals surface area contributed by atoms with Crippen LogP contribution in [0.25, 0.3) is 0 Å². The van der Waals surface area contributed by atoms with Crippen molar-refractivity contribution in [1.29, 1.82) is 0 Å². The van der Waals surface area contributed by atoms with Gasteiger partial charge >= 0.3 is 0 Å². The molecular formula is C18H17ClN2O3S. The molecule has 4 rings (SSSR count). The molecule has 2 aliphatic heterocycles. The van der Waals surface area contributed by atoms with Crippen molar-refractivity contribution in [3.8, 4) is 11.5 Å². The number of benzene rings is 2. The molecule has 5 nitrogen and oxygen atoms in total. The van der Waals surface area contributed by atoms with Crippen molar-refractivity contribution >= 4 is 33.5 Å². The van der Waals surface area contributed by atoms with Crippen molar-refractivity contribution in [2.45, 2.75) is 24.2 Å². The van der Waals surface area contributed by atoms with Gasteiger partial charge in [0.05, 0.1) is 15.5 Å². The van der Waals surface area contributed by atoms with E-state index < -0.39 is 10.0 Å². The number of nitrogens with zero attached hydrogens (tertiary/aromatic N) is 2. The number of rotatable bonds is 2. The number of hydrogen-bond acceptors (Lipinski definition) is 4. The van der Waals surface area contributed by atoms with E-state index in [-0.39, 0.29) is 4.90 Å². The highest BCUT2D eigenvalue weighted by atomic mass is 35.5. The van der Waals surface area contributed by atoms with Crippen LogP contribution in [0.1, 0.15) is 24.8 Å². The molecule has 0 radical (unpaired) electrons. The van der Waals surface area contributed by atoms with Gasteiger partial charge in [0, 0.05) is 19.3 Å². The van der Waals surface area contributed by atoms with Crippen LogP contribution >= 0.6 is 11.6 Å². The SMILES string of the molecule is O=S(=O)(c1ccc2c(c1)N=Cc1c(Cl)cccc1O2)N1CCCCC1. The van der Waals surface area contributed by atoms with Crippen LogP contribution < -0.4 is 4.74 Å². The lowest BCUT2D eigenvalue weighted by Gasteiger charge is -2.26. The summed E-state index contributed by atoms with van der Waals surface area (Å²) in [5.74, 6) is 1.11. The molecule has 2 aromatic carbocycles. The van der Waals surface area contributed by atoms with Crippen molar-refractivity contribution in [1.82, 2.24) is 4.31 Å². The van der Waals surface area contributed by atoms with Crippen LogP contribution in [0, 0.1) is 0 Å². The molecule has 25 heavy (non-hydrogen) atoms. The molecule has 2 aromatic rings. The fourth-order valence-electron chi connectivity index (χ4n) is 3.08. The molecule has 0 spiro atoms. The highest BCUT2D eigenvalue weighted by Crippen LogP contribution is 2.39. The summed E-state index contributed by atoms with van der Waals surface area (Å²) in [5, 5.41) is 0.537. The third-order valence-corrected chi connectivity index (χ3v) is 6.67. The van der Waals surface area contributed by atoms with Crippen molar-refractivity contribution in [2.75, 3.05) is 13.1 Å². The van der Waals surface area contributed by atoms with E-state index in [4.69, 9.17) is 16.3 Å². The Morgan fingerprint density at radius 2 is 1.84 bits per heavy atom. The van der Waals surface area contributed by atoms with E-state index in [1.165, 1.54) is 0 Å². The van der Waals surface area contributed by atoms with Crippen LogP contribution in [0.3, 0.4) is 0 Å². The molecule has 130 valence electrons. The molecule has 2 aliphatic rings. The molecule has 1 fully saturated rings. The van der Waals surface area contributed by atoms with Gasteiger partial charge in [-0.3, -0.25) is 4.99 Å². The van der Waals surface area contributed by atoms with Crippen molar-refractivity contribution in [3.63, 3.8) is 0 Å². The predicted molar refractivity (Wildman–Crippen MR) is 97.8 cm³/mol. The van der Waals surface area contributed by atoms with Gasteiger partial charge in [0.15, 0.2) is 5.75 Å². The maximum Gasteiger partial charge on any atom is 0.243 e. The molecule has 2 heterocycles. The van der Waals surface area contributed by atoms with E-state index in [0.717, 1.165) is 19.3 Å². The minimum atomic E-state index is -3.51. The van der Waals surface area contributed by atoms with Gasteiger partial charge in [0.2, 0.25) is 10.0 Å². The minimum Gasteiger partial charge on any atom is -0.454 e. The Balaban J connectivity index is 1.73. The number of halogens is 1. The second kappa shape index (κ2) is 6.44. The summed E-state index contributed by atoms with van der Waals surface area (Å²) in [6.07, 6.45) is 4.49. The average molecular weight is 377 g/mol. The maximum absolute atomic E-state index is 12.8. The lowest BCUT2D eigenvalue weighted by Crippen LogP contribution is -2.35. The largest absolute Gasteiger partial charge is 0.454 e. The highest BCUT2D eigenvalue weighted by molar-refractivity contribution is 7.89. The molecule has 0 aliphatic carbocycles. The monoisotopic (exact) mass is 376 g/mol. The van der Waals surface area contributed by atoms with Gasteiger partial charge in [-0.2, -0.15) is 4.31 Å². The average Bonchev–Trinajstić information content (AvgIpc) is 2.82. The lowest BCUT2D eigenvalue weighted by molar-refractivity contribution is 0.346. The molecule has 0 unspecified atom stereocenters. The summed E-state index contributed by atoms with van der Waals surface area (Å²) in [6.45, 7) is 1.14. The van der Waals surface area contributed by atoms with Gasteiger partial charge in [0.1, 0.15) is 11.4 Å². The Bertz CT molecular complexity index is 951. The van der Waals surface area contributed by atoms with Crippen LogP contribution in [0.2, 0.25) is 5.02 Å². The number of sulfonamides is 1. The van der Waals surface area contributed by atoms with E-state index in [0.29, 0.717) is 40.9 Å². The van der Waals surface area contributed by atoms with Crippen LogP contribution in [0.5, 0.6) is 11.5 Å². The molecule has 7 heteroatoms. The Labute approximate surface area is 151 Å². The summed E-state index contributed by atoms with van der Waals surface area (Å²) in [6, 6.07) is 10.2. The Hall–Kier alpha value is -1.89. The fourth-order valence-corrected chi connectivity index (χ4v) is 4.84. The first-order valence-corrected chi connectivity index (χ1v) is 10.0. The van der Waals surface area contributed by atoms with Crippen molar-refractivity contribution < 1.29 is 13.2 Å². The second-order valence-electron chi connectivity index (χ2n) is 6.11. The zero-order chi connectivity index (χ0) is 17.4. The predicted octanol–water partition coefficient (Wildman–Crippen LogP) is 4.37. The van der Waals surface area contributed by atoms with E-state index in [9.17, 15) is 8.42 Å². The Kier molecular flexibility index (Phi) is 4.27. The van der Waals surface area contributed by atoms with Gasteiger partial charge in [-0.1, -0.05) is 24.1 Å². The Morgan fingerprint density at radius 1 is 1.04 bits per heavy atom. The Morgan fingerprint density at radius 3 is 2.64 bits per heavy atom. The van der Waals surface area contributed by atoms with Crippen LogP contribution in [0.15, 0.2) is 46.3 Å². The zero-order valence-electron chi connectivity index (χ0n) is 13.5. The molecule has 1 saturated heterocycles. The van der Waals surface area contributed by atoms with Gasteiger partial charge in [0.25, 0.3) is 0 Å². The third-order valence-electron chi connectivity index (χ3n) is 4.45. The van der Waals surface area contributed by atoms with Crippen LogP contribution in [0.4, 0.5) is 5.69 Å². The number of hydrogen-bond donors (Lipinski definition) is 0. The van der Waals surface area contributed by atoms with Crippen molar-refractivity contribution in [3.05, 3.63) is 47.0 Å². The second-order valence-corrected chi connectivity index (χ2v) is 8.45. The lowest BCUT2D eigenvalue weighted by atomic mass is 10.2. The molecule has 0 aromatic heterocycles. The maximum atomic E-state index is 12.8. The van der Waals surface area contributed by atoms with Gasteiger partial charge < -0.3 is 4.74 Å². The standard InChI is InChI=1S/C18H17ClN2O3S/c19-15-5-4-6-17-14(15)12-20-16-11-13(7-8-18(16)24-17)25(22,23)21-9-2-1-3-10-21/h4-8,11-12H,1-3,9-10H2. The van der Waals surface area contributed by atoms with E-state index in [2.05, 4.69) is 4.99 Å². The summed E-state index contributed by atoms with van der Waals surface area (Å²) in [5.41, 5.74) is 1.16. The molecule has 0 amide bonds. The van der Waals surface area contributed by atoms with Gasteiger partial charge in [-0.15, -0.1) is 0 Å². The summed E-state index contributed by atoms with van der Waals surface area (Å²) in [4.78, 5) is 4.63. The number of piperidine rings is 1. The quantitative estimate of drug-likeness (QED) is 0.667. The molecule has 0 N–H and O–H groups in total. The van der Waals surface area contributed by atoms with E-state index >= 15 is 0 Å². The normalized spacial score (nSPS) is 17.3. The molecule has 0 saturated carbocycles. The van der Waals surface area contributed by atoms with Crippen LogP contribution in [-0.4, -0.2) is 32.0 Å². The summed E-state index contributed by atoms with van der Waals surface area (Å²) < 4.78 is 33.1. The van der Waals surface area contributed by atoms with Gasteiger partial charge in [-0.05, 0) is 43.2 Å². The number of aliphatic imine (C=N–C) groups is 1. The van der Waals surface area contributed by atoms with E-state index in [1.54, 1.807) is 46.9 Å². The zero-order valence-corrected chi connectivity index (χ0v) is 15.1. The first kappa shape index (κ1) is 16.6. The third kappa shape index (κ3) is 3.05. The summed E-state index contributed by atoms with van der Waals surface area (Å²) >= 11 is 6.19. The molecular weight excluding hydrogens is 360 g/mol. The molecule has 0 atom stereocenters. The smallest absolute Gasteiger partial charge is 0.243 e. The highest BCUT2D eigenvalue weighted by Gasteiger charge is 2.27. The molecule has 0 bridgehead atoms. The number of ether oxygens (including phenoxy) is 1. The van der Waals surface area contributed by atoms with Gasteiger partial charge in [-0.25, -0.2) is 8.42 Å². The van der Waals surface area contributed by atoms with Crippen molar-refractivity contribution in [2.24, 2.45) is 4.99 Å². The number of fused-ring (bicyclic) bond motifs is 2. The first-order valence-electron chi connectivity index (χ1n) is 8.20. The fraction of sp³-hybridized carbons (Fsp3) is 0.278. The van der Waals surface area contributed by atoms with Crippen LogP contribution in [-0.2, 0) is 10.0 Å². The topological polar surface area (TPSA) is 59.0 Å². The summed E-state index contributed by atoms with van der Waals surface area (Å²) in [7, 11) is -3.51. The van der Waals surface area contributed by atoms with E-state index in [1.807, 2.05) is 0 Å². The first-order chi connectivity index (χ1) is 12.1.